The maximum atomic E-state index is 13.4. The van der Waals surface area contributed by atoms with Crippen molar-refractivity contribution < 1.29 is 14.2 Å². The Morgan fingerprint density at radius 1 is 1.41 bits per heavy atom. The Labute approximate surface area is 101 Å². The zero-order valence-corrected chi connectivity index (χ0v) is 10.4. The zero-order valence-electron chi connectivity index (χ0n) is 10.4. The number of hydrogen-bond donors (Lipinski definition) is 1. The van der Waals surface area contributed by atoms with Gasteiger partial charge in [-0.15, -0.1) is 0 Å². The summed E-state index contributed by atoms with van der Waals surface area (Å²) in [6.07, 6.45) is 3.16. The van der Waals surface area contributed by atoms with Crippen molar-refractivity contribution in [2.24, 2.45) is 0 Å². The Morgan fingerprint density at radius 2 is 2.18 bits per heavy atom. The number of aliphatic hydroxyl groups is 1. The van der Waals surface area contributed by atoms with E-state index in [0.29, 0.717) is 18.4 Å². The Bertz CT molecular complexity index is 385. The molecule has 1 aromatic carbocycles. The first-order valence-corrected chi connectivity index (χ1v) is 6.06. The Morgan fingerprint density at radius 3 is 2.82 bits per heavy atom. The van der Waals surface area contributed by atoms with E-state index >= 15 is 0 Å². The molecule has 2 nitrogen and oxygen atoms in total. The number of benzene rings is 1. The molecule has 2 atom stereocenters. The molecule has 1 fully saturated rings. The highest BCUT2D eigenvalue weighted by atomic mass is 19.1. The minimum atomic E-state index is -0.939. The maximum absolute atomic E-state index is 13.4. The van der Waals surface area contributed by atoms with Gasteiger partial charge in [-0.1, -0.05) is 6.07 Å². The van der Waals surface area contributed by atoms with Gasteiger partial charge in [0.15, 0.2) is 0 Å². The van der Waals surface area contributed by atoms with Crippen LogP contribution in [-0.2, 0) is 10.3 Å². The lowest BCUT2D eigenvalue weighted by atomic mass is 9.78. The summed E-state index contributed by atoms with van der Waals surface area (Å²) in [6, 6.07) is 4.77. The van der Waals surface area contributed by atoms with Crippen LogP contribution in [0.2, 0.25) is 0 Å². The fourth-order valence-electron chi connectivity index (χ4n) is 2.67. The summed E-state index contributed by atoms with van der Waals surface area (Å²) in [6.45, 7) is 1.84. The lowest BCUT2D eigenvalue weighted by molar-refractivity contribution is -0.0633. The molecule has 0 saturated heterocycles. The van der Waals surface area contributed by atoms with E-state index in [1.165, 1.54) is 12.1 Å². The van der Waals surface area contributed by atoms with Crippen LogP contribution in [0.3, 0.4) is 0 Å². The molecule has 1 aliphatic rings. The normalized spacial score (nSPS) is 29.3. The van der Waals surface area contributed by atoms with Gasteiger partial charge in [-0.3, -0.25) is 0 Å². The standard InChI is InChI=1S/C14H19FO2/c1-10-6-11(8-12(15)7-10)14(16)5-3-4-13(9-14)17-2/h6-8,13,16H,3-5,9H2,1-2H3. The largest absolute Gasteiger partial charge is 0.385 e. The van der Waals surface area contributed by atoms with Crippen LogP contribution in [-0.4, -0.2) is 18.3 Å². The third kappa shape index (κ3) is 2.67. The van der Waals surface area contributed by atoms with E-state index < -0.39 is 5.60 Å². The van der Waals surface area contributed by atoms with E-state index in [9.17, 15) is 9.50 Å². The fraction of sp³-hybridized carbons (Fsp3) is 0.571. The minimum absolute atomic E-state index is 0.0670. The van der Waals surface area contributed by atoms with E-state index in [1.807, 2.05) is 13.0 Å². The van der Waals surface area contributed by atoms with E-state index in [2.05, 4.69) is 0 Å². The van der Waals surface area contributed by atoms with Crippen LogP contribution in [0.25, 0.3) is 0 Å². The van der Waals surface area contributed by atoms with Crippen LogP contribution in [0.5, 0.6) is 0 Å². The number of halogens is 1. The quantitative estimate of drug-likeness (QED) is 0.858. The number of hydrogen-bond acceptors (Lipinski definition) is 2. The van der Waals surface area contributed by atoms with Gasteiger partial charge in [-0.05, 0) is 49.4 Å². The minimum Gasteiger partial charge on any atom is -0.385 e. The Balaban J connectivity index is 2.30. The molecule has 1 N–H and O–H groups in total. The van der Waals surface area contributed by atoms with Crippen molar-refractivity contribution >= 4 is 0 Å². The van der Waals surface area contributed by atoms with E-state index in [0.717, 1.165) is 18.4 Å². The van der Waals surface area contributed by atoms with Gasteiger partial charge < -0.3 is 9.84 Å². The van der Waals surface area contributed by atoms with Crippen molar-refractivity contribution in [2.45, 2.75) is 44.3 Å². The van der Waals surface area contributed by atoms with E-state index in [1.54, 1.807) is 7.11 Å². The van der Waals surface area contributed by atoms with Crippen molar-refractivity contribution in [3.63, 3.8) is 0 Å². The third-order valence-electron chi connectivity index (χ3n) is 3.59. The first-order chi connectivity index (χ1) is 8.03. The van der Waals surface area contributed by atoms with Gasteiger partial charge in [0.2, 0.25) is 0 Å². The Kier molecular flexibility index (Phi) is 3.50. The number of methoxy groups -OCH3 is 1. The van der Waals surface area contributed by atoms with Gasteiger partial charge in [0, 0.05) is 13.5 Å². The van der Waals surface area contributed by atoms with Crippen molar-refractivity contribution in [1.29, 1.82) is 0 Å². The van der Waals surface area contributed by atoms with Crippen molar-refractivity contribution in [3.8, 4) is 0 Å². The topological polar surface area (TPSA) is 29.5 Å². The van der Waals surface area contributed by atoms with Crippen LogP contribution in [0.1, 0.15) is 36.8 Å². The molecule has 0 heterocycles. The molecule has 0 aliphatic heterocycles. The summed E-state index contributed by atoms with van der Waals surface area (Å²) in [5.74, 6) is -0.284. The fourth-order valence-corrected chi connectivity index (χ4v) is 2.67. The van der Waals surface area contributed by atoms with Crippen molar-refractivity contribution in [1.82, 2.24) is 0 Å². The highest BCUT2D eigenvalue weighted by Gasteiger charge is 2.36. The van der Waals surface area contributed by atoms with Crippen molar-refractivity contribution in [2.75, 3.05) is 7.11 Å². The highest BCUT2D eigenvalue weighted by molar-refractivity contribution is 5.29. The lowest BCUT2D eigenvalue weighted by Crippen LogP contribution is -2.36. The molecule has 1 saturated carbocycles. The summed E-state index contributed by atoms with van der Waals surface area (Å²) in [7, 11) is 1.66. The number of ether oxygens (including phenoxy) is 1. The first-order valence-electron chi connectivity index (χ1n) is 6.06. The van der Waals surface area contributed by atoms with Crippen LogP contribution in [0.4, 0.5) is 4.39 Å². The lowest BCUT2D eigenvalue weighted by Gasteiger charge is -2.36. The average molecular weight is 238 g/mol. The number of rotatable bonds is 2. The van der Waals surface area contributed by atoms with Gasteiger partial charge in [0.25, 0.3) is 0 Å². The van der Waals surface area contributed by atoms with Crippen LogP contribution < -0.4 is 0 Å². The molecule has 0 radical (unpaired) electrons. The number of aryl methyl sites for hydroxylation is 1. The summed E-state index contributed by atoms with van der Waals surface area (Å²) < 4.78 is 18.7. The zero-order chi connectivity index (χ0) is 12.5. The first kappa shape index (κ1) is 12.5. The Hall–Kier alpha value is -0.930. The molecule has 0 spiro atoms. The molecular weight excluding hydrogens is 219 g/mol. The predicted octanol–water partition coefficient (Wildman–Crippen LogP) is 2.91. The summed E-state index contributed by atoms with van der Waals surface area (Å²) in [4.78, 5) is 0. The molecule has 1 aliphatic carbocycles. The molecule has 2 rings (SSSR count). The summed E-state index contributed by atoms with van der Waals surface area (Å²) >= 11 is 0. The second-order valence-corrected chi connectivity index (χ2v) is 5.00. The predicted molar refractivity (Wildman–Crippen MR) is 64.3 cm³/mol. The summed E-state index contributed by atoms with van der Waals surface area (Å²) in [5, 5.41) is 10.6. The average Bonchev–Trinajstić information content (AvgIpc) is 2.28. The van der Waals surface area contributed by atoms with Crippen LogP contribution in [0.15, 0.2) is 18.2 Å². The molecule has 0 aromatic heterocycles. The van der Waals surface area contributed by atoms with Crippen molar-refractivity contribution in [3.05, 3.63) is 35.1 Å². The molecule has 94 valence electrons. The monoisotopic (exact) mass is 238 g/mol. The highest BCUT2D eigenvalue weighted by Crippen LogP contribution is 2.38. The molecule has 0 bridgehead atoms. The van der Waals surface area contributed by atoms with E-state index in [4.69, 9.17) is 4.74 Å². The molecule has 0 amide bonds. The summed E-state index contributed by atoms with van der Waals surface area (Å²) in [5.41, 5.74) is 0.580. The van der Waals surface area contributed by atoms with Gasteiger partial charge in [-0.2, -0.15) is 0 Å². The molecule has 1 aromatic rings. The maximum Gasteiger partial charge on any atom is 0.123 e. The van der Waals surface area contributed by atoms with E-state index in [-0.39, 0.29) is 11.9 Å². The second kappa shape index (κ2) is 4.75. The van der Waals surface area contributed by atoms with Crippen LogP contribution >= 0.6 is 0 Å². The van der Waals surface area contributed by atoms with Crippen LogP contribution in [0, 0.1) is 12.7 Å². The van der Waals surface area contributed by atoms with Gasteiger partial charge >= 0.3 is 0 Å². The van der Waals surface area contributed by atoms with Gasteiger partial charge in [-0.25, -0.2) is 4.39 Å². The molecular formula is C14H19FO2. The SMILES string of the molecule is COC1CCCC(O)(c2cc(C)cc(F)c2)C1. The smallest absolute Gasteiger partial charge is 0.123 e. The molecule has 2 unspecified atom stereocenters. The second-order valence-electron chi connectivity index (χ2n) is 5.00. The molecule has 3 heteroatoms. The third-order valence-corrected chi connectivity index (χ3v) is 3.59. The van der Waals surface area contributed by atoms with Gasteiger partial charge in [0.05, 0.1) is 11.7 Å². The van der Waals surface area contributed by atoms with Gasteiger partial charge in [0.1, 0.15) is 5.82 Å². The molecule has 17 heavy (non-hydrogen) atoms.